The van der Waals surface area contributed by atoms with Gasteiger partial charge in [0.1, 0.15) is 0 Å². The van der Waals surface area contributed by atoms with Gasteiger partial charge in [0.2, 0.25) is 5.89 Å². The smallest absolute Gasteiger partial charge is 0.315 e. The van der Waals surface area contributed by atoms with Gasteiger partial charge in [-0.2, -0.15) is 11.8 Å². The summed E-state index contributed by atoms with van der Waals surface area (Å²) in [6.45, 7) is 4.51. The van der Waals surface area contributed by atoms with Gasteiger partial charge in [0.15, 0.2) is 0 Å². The minimum atomic E-state index is 0.342. The fourth-order valence-electron chi connectivity index (χ4n) is 2.51. The highest BCUT2D eigenvalue weighted by molar-refractivity contribution is 8.00. The van der Waals surface area contributed by atoms with Crippen LogP contribution in [0.25, 0.3) is 0 Å². The third kappa shape index (κ3) is 4.11. The van der Waals surface area contributed by atoms with Gasteiger partial charge in [0, 0.05) is 11.3 Å². The van der Waals surface area contributed by atoms with Crippen LogP contribution in [0.5, 0.6) is 0 Å². The Morgan fingerprint density at radius 2 is 2.05 bits per heavy atom. The van der Waals surface area contributed by atoms with Crippen LogP contribution in [0, 0.1) is 0 Å². The van der Waals surface area contributed by atoms with Gasteiger partial charge in [-0.1, -0.05) is 31.3 Å². The van der Waals surface area contributed by atoms with Crippen LogP contribution >= 0.6 is 11.8 Å². The van der Waals surface area contributed by atoms with Gasteiger partial charge < -0.3 is 15.1 Å². The van der Waals surface area contributed by atoms with E-state index in [2.05, 4.69) is 34.0 Å². The molecule has 0 atom stereocenters. The van der Waals surface area contributed by atoms with Crippen molar-refractivity contribution >= 4 is 17.8 Å². The first-order chi connectivity index (χ1) is 9.28. The number of nitrogens with one attached hydrogen (secondary N) is 2. The van der Waals surface area contributed by atoms with Crippen LogP contribution in [0.15, 0.2) is 4.42 Å². The number of hydrogen-bond acceptors (Lipinski definition) is 6. The van der Waals surface area contributed by atoms with Crippen LogP contribution in [-0.2, 0) is 6.54 Å². The van der Waals surface area contributed by atoms with Gasteiger partial charge in [-0.05, 0) is 25.6 Å². The lowest BCUT2D eigenvalue weighted by Gasteiger charge is -2.35. The highest BCUT2D eigenvalue weighted by Gasteiger charge is 2.31. The normalized spacial score (nSPS) is 18.4. The Morgan fingerprint density at radius 1 is 1.26 bits per heavy atom. The molecule has 6 heteroatoms. The molecule has 1 heterocycles. The van der Waals surface area contributed by atoms with Gasteiger partial charge in [-0.3, -0.25) is 0 Å². The second-order valence-corrected chi connectivity index (χ2v) is 6.36. The Hall–Kier alpha value is -0.750. The van der Waals surface area contributed by atoms with Crippen molar-refractivity contribution in [2.45, 2.75) is 50.3 Å². The predicted octanol–water partition coefficient (Wildman–Crippen LogP) is 2.66. The second kappa shape index (κ2) is 7.14. The zero-order valence-electron chi connectivity index (χ0n) is 11.9. The second-order valence-electron chi connectivity index (χ2n) is 5.08. The summed E-state index contributed by atoms with van der Waals surface area (Å²) in [7, 11) is 0. The Bertz CT molecular complexity index is 376. The maximum absolute atomic E-state index is 5.56. The van der Waals surface area contributed by atoms with Crippen LogP contribution < -0.4 is 10.6 Å². The highest BCUT2D eigenvalue weighted by atomic mass is 32.2. The van der Waals surface area contributed by atoms with Crippen molar-refractivity contribution in [3.8, 4) is 0 Å². The van der Waals surface area contributed by atoms with E-state index in [1.54, 1.807) is 0 Å². The summed E-state index contributed by atoms with van der Waals surface area (Å²) in [6.07, 6.45) is 8.79. The van der Waals surface area contributed by atoms with Gasteiger partial charge in [0.25, 0.3) is 0 Å². The summed E-state index contributed by atoms with van der Waals surface area (Å²) in [6, 6.07) is 0.548. The lowest BCUT2D eigenvalue weighted by Crippen LogP contribution is -2.35. The van der Waals surface area contributed by atoms with E-state index >= 15 is 0 Å². The van der Waals surface area contributed by atoms with Crippen LogP contribution in [0.3, 0.4) is 0 Å². The number of aromatic nitrogens is 2. The maximum Gasteiger partial charge on any atom is 0.315 e. The van der Waals surface area contributed by atoms with E-state index in [-0.39, 0.29) is 0 Å². The van der Waals surface area contributed by atoms with Crippen LogP contribution in [0.1, 0.15) is 44.9 Å². The molecule has 1 aliphatic carbocycles. The molecule has 0 aromatic carbocycles. The highest BCUT2D eigenvalue weighted by Crippen LogP contribution is 2.38. The van der Waals surface area contributed by atoms with Crippen molar-refractivity contribution in [1.82, 2.24) is 15.5 Å². The molecule has 0 aliphatic heterocycles. The molecule has 0 bridgehead atoms. The molecule has 19 heavy (non-hydrogen) atoms. The molecular weight excluding hydrogens is 260 g/mol. The largest absolute Gasteiger partial charge is 0.407 e. The lowest BCUT2D eigenvalue weighted by molar-refractivity contribution is 0.406. The van der Waals surface area contributed by atoms with E-state index in [4.69, 9.17) is 4.42 Å². The molecule has 1 aliphatic rings. The standard InChI is InChI=1S/C13H24N4OS/c1-3-14-9-11-16-17-12(18-11)15-10-13(19-2)7-5-4-6-8-13/h14H,3-10H2,1-2H3,(H,15,17). The van der Waals surface area contributed by atoms with E-state index in [0.717, 1.165) is 13.1 Å². The first-order valence-electron chi connectivity index (χ1n) is 7.10. The first-order valence-corrected chi connectivity index (χ1v) is 8.32. The van der Waals surface area contributed by atoms with Crippen LogP contribution in [0.4, 0.5) is 6.01 Å². The molecule has 0 amide bonds. The van der Waals surface area contributed by atoms with E-state index in [1.165, 1.54) is 32.1 Å². The molecule has 1 fully saturated rings. The van der Waals surface area contributed by atoms with E-state index in [0.29, 0.717) is 23.2 Å². The van der Waals surface area contributed by atoms with Crippen LogP contribution in [0.2, 0.25) is 0 Å². The Morgan fingerprint density at radius 3 is 2.74 bits per heavy atom. The number of thioether (sulfide) groups is 1. The third-order valence-corrected chi connectivity index (χ3v) is 5.17. The summed E-state index contributed by atoms with van der Waals surface area (Å²) in [5.41, 5.74) is 0. The summed E-state index contributed by atoms with van der Waals surface area (Å²) in [5.74, 6) is 0.645. The average molecular weight is 284 g/mol. The van der Waals surface area contributed by atoms with Crippen molar-refractivity contribution in [3.05, 3.63) is 5.89 Å². The topological polar surface area (TPSA) is 63.0 Å². The zero-order valence-corrected chi connectivity index (χ0v) is 12.7. The van der Waals surface area contributed by atoms with Gasteiger partial charge in [-0.15, -0.1) is 5.10 Å². The molecule has 1 saturated carbocycles. The predicted molar refractivity (Wildman–Crippen MR) is 79.5 cm³/mol. The Labute approximate surface area is 119 Å². The number of rotatable bonds is 7. The quantitative estimate of drug-likeness (QED) is 0.802. The minimum Gasteiger partial charge on any atom is -0.407 e. The number of anilines is 1. The summed E-state index contributed by atoms with van der Waals surface area (Å²) in [5, 5.41) is 14.5. The SMILES string of the molecule is CCNCc1nnc(NCC2(SC)CCCCC2)o1. The molecule has 0 radical (unpaired) electrons. The zero-order chi connectivity index (χ0) is 13.6. The molecule has 5 nitrogen and oxygen atoms in total. The van der Waals surface area contributed by atoms with Gasteiger partial charge in [0.05, 0.1) is 6.54 Å². The molecule has 0 saturated heterocycles. The van der Waals surface area contributed by atoms with Crippen molar-refractivity contribution in [3.63, 3.8) is 0 Å². The lowest BCUT2D eigenvalue weighted by atomic mass is 9.88. The first kappa shape index (κ1) is 14.7. The van der Waals surface area contributed by atoms with Crippen molar-refractivity contribution in [2.24, 2.45) is 0 Å². The monoisotopic (exact) mass is 284 g/mol. The summed E-state index contributed by atoms with van der Waals surface area (Å²) in [4.78, 5) is 0. The van der Waals surface area contributed by atoms with E-state index in [1.807, 2.05) is 11.8 Å². The van der Waals surface area contributed by atoms with Crippen LogP contribution in [-0.4, -0.2) is 34.3 Å². The Balaban J connectivity index is 1.84. The summed E-state index contributed by atoms with van der Waals surface area (Å²) >= 11 is 1.97. The Kier molecular flexibility index (Phi) is 5.51. The molecule has 1 aromatic heterocycles. The fraction of sp³-hybridized carbons (Fsp3) is 0.846. The minimum absolute atomic E-state index is 0.342. The molecule has 0 spiro atoms. The summed E-state index contributed by atoms with van der Waals surface area (Å²) < 4.78 is 5.90. The number of hydrogen-bond donors (Lipinski definition) is 2. The average Bonchev–Trinajstić information content (AvgIpc) is 2.92. The van der Waals surface area contributed by atoms with E-state index in [9.17, 15) is 0 Å². The van der Waals surface area contributed by atoms with Crippen molar-refractivity contribution < 1.29 is 4.42 Å². The number of nitrogens with zero attached hydrogens (tertiary/aromatic N) is 2. The van der Waals surface area contributed by atoms with Gasteiger partial charge in [-0.25, -0.2) is 0 Å². The molecule has 1 aromatic rings. The van der Waals surface area contributed by atoms with Crippen molar-refractivity contribution in [1.29, 1.82) is 0 Å². The maximum atomic E-state index is 5.56. The molecular formula is C13H24N4OS. The molecule has 2 rings (SSSR count). The fourth-order valence-corrected chi connectivity index (χ4v) is 3.43. The third-order valence-electron chi connectivity index (χ3n) is 3.75. The van der Waals surface area contributed by atoms with Gasteiger partial charge >= 0.3 is 6.01 Å². The molecule has 2 N–H and O–H groups in total. The molecule has 0 unspecified atom stereocenters. The molecule has 108 valence electrons. The van der Waals surface area contributed by atoms with Crippen molar-refractivity contribution in [2.75, 3.05) is 24.7 Å². The van der Waals surface area contributed by atoms with E-state index < -0.39 is 0 Å².